The van der Waals surface area contributed by atoms with E-state index in [-0.39, 0.29) is 17.6 Å². The molecule has 1 amide bonds. The van der Waals surface area contributed by atoms with Crippen molar-refractivity contribution in [2.24, 2.45) is 11.8 Å². The molecule has 0 bridgehead atoms. The van der Waals surface area contributed by atoms with E-state index < -0.39 is 0 Å². The molecule has 0 unspecified atom stereocenters. The summed E-state index contributed by atoms with van der Waals surface area (Å²) in [5.74, 6) is 2.10. The number of rotatable bonds is 6. The first-order valence-electron chi connectivity index (χ1n) is 11.5. The molecule has 2 aromatic carbocycles. The van der Waals surface area contributed by atoms with Crippen molar-refractivity contribution in [2.75, 3.05) is 12.4 Å². The SMILES string of the molecule is CCC1CCC(C(=O)Nc2ccc(C)c(OC)c2)CC1.CCc1c(Br)cccc1C(C)=O. The minimum absolute atomic E-state index is 0.133. The first-order valence-corrected chi connectivity index (χ1v) is 12.3. The molecular weight excluding hydrogens is 466 g/mol. The number of carbonyl (C=O) groups excluding carboxylic acids is 2. The summed E-state index contributed by atoms with van der Waals surface area (Å²) in [7, 11) is 1.65. The number of hydrogen-bond acceptors (Lipinski definition) is 3. The molecule has 1 N–H and O–H groups in total. The van der Waals surface area contributed by atoms with Gasteiger partial charge in [-0.15, -0.1) is 0 Å². The van der Waals surface area contributed by atoms with Crippen molar-refractivity contribution in [3.8, 4) is 5.75 Å². The lowest BCUT2D eigenvalue weighted by Crippen LogP contribution is -2.27. The Morgan fingerprint density at radius 2 is 1.78 bits per heavy atom. The number of ketones is 1. The number of Topliss-reactive ketones (excluding diaryl/α,β-unsaturated/α-hetero) is 1. The maximum Gasteiger partial charge on any atom is 0.227 e. The molecule has 0 heterocycles. The van der Waals surface area contributed by atoms with Crippen LogP contribution in [-0.4, -0.2) is 18.8 Å². The summed E-state index contributed by atoms with van der Waals surface area (Å²) in [6.07, 6.45) is 6.54. The van der Waals surface area contributed by atoms with Gasteiger partial charge in [-0.25, -0.2) is 0 Å². The smallest absolute Gasteiger partial charge is 0.227 e. The Bertz CT molecular complexity index is 917. The van der Waals surface area contributed by atoms with Gasteiger partial charge in [-0.2, -0.15) is 0 Å². The van der Waals surface area contributed by atoms with Crippen molar-refractivity contribution in [2.45, 2.75) is 66.2 Å². The number of halogens is 1. The van der Waals surface area contributed by atoms with Crippen molar-refractivity contribution in [3.05, 3.63) is 57.6 Å². The van der Waals surface area contributed by atoms with E-state index >= 15 is 0 Å². The third-order valence-electron chi connectivity index (χ3n) is 6.32. The second kappa shape index (κ2) is 12.8. The maximum atomic E-state index is 12.3. The molecule has 1 saturated carbocycles. The quantitative estimate of drug-likeness (QED) is 0.420. The largest absolute Gasteiger partial charge is 0.496 e. The minimum Gasteiger partial charge on any atom is -0.496 e. The topological polar surface area (TPSA) is 55.4 Å². The van der Waals surface area contributed by atoms with Crippen LogP contribution in [0.4, 0.5) is 5.69 Å². The second-order valence-electron chi connectivity index (χ2n) is 8.48. The molecule has 0 saturated heterocycles. The fraction of sp³-hybridized carbons (Fsp3) is 0.481. The zero-order valence-electron chi connectivity index (χ0n) is 20.0. The lowest BCUT2D eigenvalue weighted by atomic mass is 9.80. The van der Waals surface area contributed by atoms with Gasteiger partial charge in [0.1, 0.15) is 5.75 Å². The molecule has 0 spiro atoms. The molecule has 32 heavy (non-hydrogen) atoms. The molecule has 2 aromatic rings. The Labute approximate surface area is 201 Å². The van der Waals surface area contributed by atoms with Gasteiger partial charge >= 0.3 is 0 Å². The Morgan fingerprint density at radius 3 is 2.31 bits per heavy atom. The predicted octanol–water partition coefficient (Wildman–Crippen LogP) is 7.37. The predicted molar refractivity (Wildman–Crippen MR) is 136 cm³/mol. The van der Waals surface area contributed by atoms with Gasteiger partial charge in [0.05, 0.1) is 7.11 Å². The number of carbonyl (C=O) groups is 2. The second-order valence-corrected chi connectivity index (χ2v) is 9.33. The summed E-state index contributed by atoms with van der Waals surface area (Å²) < 4.78 is 6.32. The van der Waals surface area contributed by atoms with Gasteiger partial charge in [-0.3, -0.25) is 9.59 Å². The van der Waals surface area contributed by atoms with Gasteiger partial charge in [0.15, 0.2) is 5.78 Å². The zero-order valence-corrected chi connectivity index (χ0v) is 21.6. The number of anilines is 1. The highest BCUT2D eigenvalue weighted by Crippen LogP contribution is 2.31. The van der Waals surface area contributed by atoms with Crippen LogP contribution in [0.25, 0.3) is 0 Å². The molecule has 1 aliphatic carbocycles. The van der Waals surface area contributed by atoms with Crippen LogP contribution in [0, 0.1) is 18.8 Å². The highest BCUT2D eigenvalue weighted by molar-refractivity contribution is 9.10. The molecule has 0 radical (unpaired) electrons. The number of benzene rings is 2. The molecule has 3 rings (SSSR count). The van der Waals surface area contributed by atoms with Gasteiger partial charge in [0, 0.05) is 27.7 Å². The van der Waals surface area contributed by atoms with E-state index in [1.807, 2.05) is 50.2 Å². The Hall–Kier alpha value is -2.14. The molecule has 0 aromatic heterocycles. The number of methoxy groups -OCH3 is 1. The van der Waals surface area contributed by atoms with Gasteiger partial charge in [-0.1, -0.05) is 54.4 Å². The van der Waals surface area contributed by atoms with Crippen LogP contribution in [0.15, 0.2) is 40.9 Å². The number of amides is 1. The van der Waals surface area contributed by atoms with Crippen LogP contribution >= 0.6 is 15.9 Å². The molecule has 1 fully saturated rings. The minimum atomic E-state index is 0.133. The lowest BCUT2D eigenvalue weighted by molar-refractivity contribution is -0.121. The fourth-order valence-corrected chi connectivity index (χ4v) is 4.87. The van der Waals surface area contributed by atoms with Crippen molar-refractivity contribution in [1.29, 1.82) is 0 Å². The highest BCUT2D eigenvalue weighted by atomic mass is 79.9. The van der Waals surface area contributed by atoms with Crippen molar-refractivity contribution >= 4 is 33.3 Å². The number of ether oxygens (including phenoxy) is 1. The van der Waals surface area contributed by atoms with E-state index in [2.05, 4.69) is 28.2 Å². The molecular formula is C27H36BrNO3. The van der Waals surface area contributed by atoms with E-state index in [4.69, 9.17) is 4.74 Å². The Balaban J connectivity index is 0.000000258. The molecule has 0 aliphatic heterocycles. The van der Waals surface area contributed by atoms with Gasteiger partial charge < -0.3 is 10.1 Å². The van der Waals surface area contributed by atoms with Crippen molar-refractivity contribution < 1.29 is 14.3 Å². The number of aryl methyl sites for hydroxylation is 1. The van der Waals surface area contributed by atoms with E-state index in [0.29, 0.717) is 0 Å². The first-order chi connectivity index (χ1) is 15.3. The standard InChI is InChI=1S/C17H25NO2.C10H11BrO/c1-4-13-6-8-14(9-7-13)17(19)18-15-10-5-12(2)16(11-15)20-3;1-3-8-9(7(2)12)5-4-6-10(8)11/h5,10-11,13-14H,4,6-9H2,1-3H3,(H,18,19);4-6H,3H2,1-2H3. The summed E-state index contributed by atoms with van der Waals surface area (Å²) in [5.41, 5.74) is 3.83. The average Bonchev–Trinajstić information content (AvgIpc) is 2.80. The number of nitrogens with one attached hydrogen (secondary N) is 1. The van der Waals surface area contributed by atoms with Crippen LogP contribution in [0.1, 0.15) is 74.4 Å². The van der Waals surface area contributed by atoms with Crippen LogP contribution < -0.4 is 10.1 Å². The van der Waals surface area contributed by atoms with Gasteiger partial charge in [-0.05, 0) is 75.1 Å². The Kier molecular flexibility index (Phi) is 10.4. The maximum absolute atomic E-state index is 12.3. The third kappa shape index (κ3) is 7.19. The first kappa shape index (κ1) is 26.1. The normalized spacial score (nSPS) is 17.7. The van der Waals surface area contributed by atoms with E-state index in [9.17, 15) is 9.59 Å². The summed E-state index contributed by atoms with van der Waals surface area (Å²) in [6.45, 7) is 7.88. The Morgan fingerprint density at radius 1 is 1.09 bits per heavy atom. The summed E-state index contributed by atoms with van der Waals surface area (Å²) in [4.78, 5) is 23.5. The van der Waals surface area contributed by atoms with Crippen molar-refractivity contribution in [3.63, 3.8) is 0 Å². The van der Waals surface area contributed by atoms with Gasteiger partial charge in [0.25, 0.3) is 0 Å². The molecule has 0 atom stereocenters. The highest BCUT2D eigenvalue weighted by Gasteiger charge is 2.25. The molecule has 4 nitrogen and oxygen atoms in total. The van der Waals surface area contributed by atoms with Crippen LogP contribution in [0.3, 0.4) is 0 Å². The van der Waals surface area contributed by atoms with Gasteiger partial charge in [0.2, 0.25) is 5.91 Å². The van der Waals surface area contributed by atoms with E-state index in [1.165, 1.54) is 19.3 Å². The average molecular weight is 502 g/mol. The molecule has 5 heteroatoms. The summed E-state index contributed by atoms with van der Waals surface area (Å²) >= 11 is 3.42. The summed E-state index contributed by atoms with van der Waals surface area (Å²) in [6, 6.07) is 11.5. The van der Waals surface area contributed by atoms with Crippen LogP contribution in [0.5, 0.6) is 5.75 Å². The van der Waals surface area contributed by atoms with Crippen LogP contribution in [-0.2, 0) is 11.2 Å². The lowest BCUT2D eigenvalue weighted by Gasteiger charge is -2.27. The zero-order chi connectivity index (χ0) is 23.7. The van der Waals surface area contributed by atoms with E-state index in [1.54, 1.807) is 14.0 Å². The van der Waals surface area contributed by atoms with Crippen molar-refractivity contribution in [1.82, 2.24) is 0 Å². The molecule has 1 aliphatic rings. The fourth-order valence-electron chi connectivity index (χ4n) is 4.22. The monoisotopic (exact) mass is 501 g/mol. The van der Waals surface area contributed by atoms with E-state index in [0.717, 1.165) is 57.8 Å². The van der Waals surface area contributed by atoms with Crippen LogP contribution in [0.2, 0.25) is 0 Å². The number of hydrogen-bond donors (Lipinski definition) is 1. The molecule has 174 valence electrons. The summed E-state index contributed by atoms with van der Waals surface area (Å²) in [5, 5.41) is 3.03. The third-order valence-corrected chi connectivity index (χ3v) is 7.07.